The number of para-hydroxylation sites is 1. The van der Waals surface area contributed by atoms with Gasteiger partial charge in [0.05, 0.1) is 25.0 Å². The van der Waals surface area contributed by atoms with Crippen molar-refractivity contribution in [2.45, 2.75) is 6.04 Å². The van der Waals surface area contributed by atoms with E-state index in [2.05, 4.69) is 15.7 Å². The van der Waals surface area contributed by atoms with Crippen LogP contribution >= 0.6 is 0 Å². The Labute approximate surface area is 170 Å². The van der Waals surface area contributed by atoms with Crippen molar-refractivity contribution in [1.82, 2.24) is 9.78 Å². The molecule has 8 nitrogen and oxygen atoms in total. The van der Waals surface area contributed by atoms with E-state index >= 15 is 0 Å². The molecule has 0 spiro atoms. The summed E-state index contributed by atoms with van der Waals surface area (Å²) in [5, 5.41) is 19.0. The summed E-state index contributed by atoms with van der Waals surface area (Å²) in [5.41, 5.74) is 0.757. The number of nitrogens with one attached hydrogen (secondary N) is 2. The van der Waals surface area contributed by atoms with Crippen molar-refractivity contribution in [3.63, 3.8) is 0 Å². The second-order valence-corrected chi connectivity index (χ2v) is 6.51. The van der Waals surface area contributed by atoms with E-state index in [9.17, 15) is 19.1 Å². The molecular weight excluding hydrogens is 391 g/mol. The number of benzene rings is 2. The summed E-state index contributed by atoms with van der Waals surface area (Å²) in [6.07, 6.45) is 2.82. The van der Waals surface area contributed by atoms with E-state index in [-0.39, 0.29) is 22.8 Å². The van der Waals surface area contributed by atoms with E-state index in [1.54, 1.807) is 37.4 Å². The Balaban J connectivity index is 1.72. The number of anilines is 2. The zero-order chi connectivity index (χ0) is 21.3. The maximum absolute atomic E-state index is 13.9. The van der Waals surface area contributed by atoms with Gasteiger partial charge in [-0.05, 0) is 35.9 Å². The number of hydrogen-bond donors (Lipinski definition) is 3. The molecule has 30 heavy (non-hydrogen) atoms. The summed E-state index contributed by atoms with van der Waals surface area (Å²) < 4.78 is 20.6. The molecule has 4 rings (SSSR count). The van der Waals surface area contributed by atoms with Gasteiger partial charge in [-0.25, -0.2) is 13.9 Å². The molecule has 2 aromatic carbocycles. The van der Waals surface area contributed by atoms with Gasteiger partial charge in [-0.3, -0.25) is 4.79 Å². The van der Waals surface area contributed by atoms with Crippen molar-refractivity contribution < 1.29 is 23.8 Å². The minimum absolute atomic E-state index is 0.0129. The molecule has 3 N–H and O–H groups in total. The molecule has 0 bridgehead atoms. The van der Waals surface area contributed by atoms with Crippen LogP contribution in [0.15, 0.2) is 66.5 Å². The van der Waals surface area contributed by atoms with Crippen molar-refractivity contribution in [1.29, 1.82) is 0 Å². The topological polar surface area (TPSA) is 105 Å². The average molecular weight is 408 g/mol. The zero-order valence-electron chi connectivity index (χ0n) is 15.8. The van der Waals surface area contributed by atoms with E-state index in [0.29, 0.717) is 5.75 Å². The van der Waals surface area contributed by atoms with E-state index in [4.69, 9.17) is 4.74 Å². The van der Waals surface area contributed by atoms with Crippen LogP contribution in [0.1, 0.15) is 22.0 Å². The SMILES string of the molecule is COc1ccc([C@H]2C=C(C(=O)O)Nc3c(C(=O)Nc4ccccc4F)cnn32)cc1. The number of ether oxygens (including phenoxy) is 1. The van der Waals surface area contributed by atoms with Gasteiger partial charge in [0, 0.05) is 0 Å². The molecule has 1 aromatic heterocycles. The third kappa shape index (κ3) is 3.48. The van der Waals surface area contributed by atoms with Crippen LogP contribution in [0.2, 0.25) is 0 Å². The van der Waals surface area contributed by atoms with E-state index < -0.39 is 23.7 Å². The van der Waals surface area contributed by atoms with Gasteiger partial charge < -0.3 is 20.5 Å². The Morgan fingerprint density at radius 1 is 1.20 bits per heavy atom. The molecule has 1 aliphatic rings. The first-order valence-corrected chi connectivity index (χ1v) is 8.97. The zero-order valence-corrected chi connectivity index (χ0v) is 15.8. The highest BCUT2D eigenvalue weighted by molar-refractivity contribution is 6.08. The van der Waals surface area contributed by atoms with Crippen LogP contribution in [0.5, 0.6) is 5.75 Å². The van der Waals surface area contributed by atoms with Gasteiger partial charge >= 0.3 is 5.97 Å². The first kappa shape index (κ1) is 19.2. The molecule has 2 heterocycles. The third-order valence-electron chi connectivity index (χ3n) is 4.69. The second-order valence-electron chi connectivity index (χ2n) is 6.51. The summed E-state index contributed by atoms with van der Waals surface area (Å²) in [7, 11) is 1.55. The predicted octanol–water partition coefficient (Wildman–Crippen LogP) is 3.27. The first-order valence-electron chi connectivity index (χ1n) is 8.97. The van der Waals surface area contributed by atoms with Gasteiger partial charge in [0.15, 0.2) is 0 Å². The summed E-state index contributed by atoms with van der Waals surface area (Å²) in [6.45, 7) is 0. The number of carbonyl (C=O) groups is 2. The predicted molar refractivity (Wildman–Crippen MR) is 107 cm³/mol. The van der Waals surface area contributed by atoms with Crippen molar-refractivity contribution in [3.05, 3.63) is 83.4 Å². The lowest BCUT2D eigenvalue weighted by Gasteiger charge is -2.24. The highest BCUT2D eigenvalue weighted by atomic mass is 19.1. The molecule has 9 heteroatoms. The van der Waals surface area contributed by atoms with Crippen molar-refractivity contribution in [2.24, 2.45) is 0 Å². The molecule has 0 aliphatic carbocycles. The van der Waals surface area contributed by atoms with Gasteiger partial charge in [0.25, 0.3) is 5.91 Å². The number of halogens is 1. The van der Waals surface area contributed by atoms with E-state index in [1.807, 2.05) is 0 Å². The summed E-state index contributed by atoms with van der Waals surface area (Å²) in [5.74, 6) is -1.53. The lowest BCUT2D eigenvalue weighted by molar-refractivity contribution is -0.132. The molecule has 0 saturated heterocycles. The summed E-state index contributed by atoms with van der Waals surface area (Å²) in [6, 6.07) is 12.3. The van der Waals surface area contributed by atoms with Gasteiger partial charge in [-0.2, -0.15) is 5.10 Å². The van der Waals surface area contributed by atoms with Gasteiger partial charge in [-0.1, -0.05) is 24.3 Å². The number of aliphatic carboxylic acids is 1. The standard InChI is InChI=1S/C21H17FN4O4/c1-30-13-8-6-12(7-9-13)18-10-17(21(28)29)24-19-14(11-23-26(18)19)20(27)25-16-5-3-2-4-15(16)22/h2-11,18,24H,1H3,(H,25,27)(H,28,29)/t18-/m1/s1. The van der Waals surface area contributed by atoms with Crippen molar-refractivity contribution >= 4 is 23.4 Å². The van der Waals surface area contributed by atoms with Crippen molar-refractivity contribution in [2.75, 3.05) is 17.7 Å². The number of allylic oxidation sites excluding steroid dienone is 1. The second kappa shape index (κ2) is 7.70. The number of fused-ring (bicyclic) bond motifs is 1. The lowest BCUT2D eigenvalue weighted by Crippen LogP contribution is -2.25. The number of carbonyl (C=O) groups excluding carboxylic acids is 1. The minimum Gasteiger partial charge on any atom is -0.497 e. The Hall–Kier alpha value is -4.14. The minimum atomic E-state index is -1.18. The van der Waals surface area contributed by atoms with E-state index in [1.165, 1.54) is 35.2 Å². The maximum atomic E-state index is 13.9. The number of hydrogen-bond acceptors (Lipinski definition) is 5. The highest BCUT2D eigenvalue weighted by Gasteiger charge is 2.29. The molecule has 3 aromatic rings. The number of rotatable bonds is 5. The molecule has 152 valence electrons. The largest absolute Gasteiger partial charge is 0.497 e. The maximum Gasteiger partial charge on any atom is 0.352 e. The van der Waals surface area contributed by atoms with Crippen LogP contribution in [0.25, 0.3) is 0 Å². The molecule has 1 aliphatic heterocycles. The molecule has 1 atom stereocenters. The van der Waals surface area contributed by atoms with Gasteiger partial charge in [0.1, 0.15) is 28.6 Å². The van der Waals surface area contributed by atoms with Crippen LogP contribution in [0.3, 0.4) is 0 Å². The van der Waals surface area contributed by atoms with Crippen LogP contribution in [0.4, 0.5) is 15.9 Å². The number of carboxylic acid groups (broad SMARTS) is 1. The molecule has 1 amide bonds. The van der Waals surface area contributed by atoms with E-state index in [0.717, 1.165) is 5.56 Å². The summed E-state index contributed by atoms with van der Waals surface area (Å²) >= 11 is 0. The highest BCUT2D eigenvalue weighted by Crippen LogP contribution is 2.33. The quantitative estimate of drug-likeness (QED) is 0.598. The third-order valence-corrected chi connectivity index (χ3v) is 4.69. The fraction of sp³-hybridized carbons (Fsp3) is 0.0952. The molecule has 0 saturated carbocycles. The number of aromatic nitrogens is 2. The Kier molecular flexibility index (Phi) is 4.93. The molecular formula is C21H17FN4O4. The first-order chi connectivity index (χ1) is 14.5. The van der Waals surface area contributed by atoms with Crippen LogP contribution in [-0.4, -0.2) is 33.9 Å². The molecule has 0 unspecified atom stereocenters. The molecule has 0 fully saturated rings. The number of methoxy groups -OCH3 is 1. The number of amides is 1. The normalized spacial score (nSPS) is 14.9. The summed E-state index contributed by atoms with van der Waals surface area (Å²) in [4.78, 5) is 24.4. The van der Waals surface area contributed by atoms with Gasteiger partial charge in [-0.15, -0.1) is 0 Å². The van der Waals surface area contributed by atoms with Crippen LogP contribution in [-0.2, 0) is 4.79 Å². The Bertz CT molecular complexity index is 1150. The fourth-order valence-electron chi connectivity index (χ4n) is 3.18. The monoisotopic (exact) mass is 408 g/mol. The van der Waals surface area contributed by atoms with Crippen LogP contribution in [0, 0.1) is 5.82 Å². The number of nitrogens with zero attached hydrogens (tertiary/aromatic N) is 2. The smallest absolute Gasteiger partial charge is 0.352 e. The number of carboxylic acids is 1. The fourth-order valence-corrected chi connectivity index (χ4v) is 3.18. The lowest BCUT2D eigenvalue weighted by atomic mass is 10.0. The Morgan fingerprint density at radius 3 is 2.60 bits per heavy atom. The van der Waals surface area contributed by atoms with Crippen LogP contribution < -0.4 is 15.4 Å². The average Bonchev–Trinajstić information content (AvgIpc) is 3.19. The van der Waals surface area contributed by atoms with Crippen molar-refractivity contribution in [3.8, 4) is 5.75 Å². The molecule has 0 radical (unpaired) electrons. The Morgan fingerprint density at radius 2 is 1.93 bits per heavy atom. The van der Waals surface area contributed by atoms with Gasteiger partial charge in [0.2, 0.25) is 0 Å².